The second-order valence-electron chi connectivity index (χ2n) is 5.12. The van der Waals surface area contributed by atoms with Gasteiger partial charge in [0.05, 0.1) is 0 Å². The van der Waals surface area contributed by atoms with Crippen LogP contribution in [0.15, 0.2) is 66.9 Å². The topological polar surface area (TPSA) is 24.1 Å². The molecular formula is C18H18NO+. The van der Waals surface area contributed by atoms with Crippen molar-refractivity contribution in [1.82, 2.24) is 0 Å². The first-order valence-electron chi connectivity index (χ1n) is 6.86. The smallest absolute Gasteiger partial charge is 0.178 e. The number of pyridine rings is 1. The molecular weight excluding hydrogens is 246 g/mol. The van der Waals surface area contributed by atoms with Crippen LogP contribution in [0.2, 0.25) is 0 Å². The Hall–Kier alpha value is -2.19. The van der Waals surface area contributed by atoms with E-state index in [1.807, 2.05) is 42.5 Å². The van der Waals surface area contributed by atoms with Gasteiger partial charge in [-0.25, -0.2) is 0 Å². The molecule has 0 spiro atoms. The number of hydrogen-bond acceptors (Lipinski definition) is 1. The molecule has 0 bridgehead atoms. The zero-order chi connectivity index (χ0) is 13.9. The van der Waals surface area contributed by atoms with E-state index in [-0.39, 0.29) is 0 Å². The molecule has 0 saturated carbocycles. The lowest BCUT2D eigenvalue weighted by atomic mass is 10.1. The van der Waals surface area contributed by atoms with Crippen LogP contribution in [0.4, 0.5) is 0 Å². The Morgan fingerprint density at radius 1 is 0.950 bits per heavy atom. The van der Waals surface area contributed by atoms with Crippen molar-refractivity contribution in [2.45, 2.75) is 19.6 Å². The summed E-state index contributed by atoms with van der Waals surface area (Å²) in [6.45, 7) is 2.64. The first kappa shape index (κ1) is 12.8. The van der Waals surface area contributed by atoms with Gasteiger partial charge in [-0.1, -0.05) is 48.5 Å². The van der Waals surface area contributed by atoms with Crippen LogP contribution in [0.5, 0.6) is 0 Å². The Balaban J connectivity index is 1.92. The van der Waals surface area contributed by atoms with Gasteiger partial charge in [-0.2, -0.15) is 4.57 Å². The summed E-state index contributed by atoms with van der Waals surface area (Å²) >= 11 is 0. The summed E-state index contributed by atoms with van der Waals surface area (Å²) in [5.74, 6) is 0. The fraction of sp³-hybridized carbons (Fsp3) is 0.167. The van der Waals surface area contributed by atoms with E-state index in [2.05, 4.69) is 35.9 Å². The van der Waals surface area contributed by atoms with Crippen LogP contribution in [-0.4, -0.2) is 5.11 Å². The van der Waals surface area contributed by atoms with E-state index < -0.39 is 6.10 Å². The predicted molar refractivity (Wildman–Crippen MR) is 80.3 cm³/mol. The van der Waals surface area contributed by atoms with Crippen LogP contribution in [0.3, 0.4) is 0 Å². The third-order valence-electron chi connectivity index (χ3n) is 3.66. The second-order valence-corrected chi connectivity index (χ2v) is 5.12. The number of fused-ring (bicyclic) bond motifs is 1. The van der Waals surface area contributed by atoms with Crippen molar-refractivity contribution < 1.29 is 9.67 Å². The summed E-state index contributed by atoms with van der Waals surface area (Å²) in [7, 11) is 0. The highest BCUT2D eigenvalue weighted by atomic mass is 16.3. The lowest BCUT2D eigenvalue weighted by molar-refractivity contribution is -0.709. The highest BCUT2D eigenvalue weighted by Crippen LogP contribution is 2.15. The first-order chi connectivity index (χ1) is 9.74. The molecule has 0 radical (unpaired) electrons. The molecule has 0 aliphatic carbocycles. The van der Waals surface area contributed by atoms with E-state index in [0.717, 1.165) is 11.3 Å². The molecule has 0 fully saturated rings. The highest BCUT2D eigenvalue weighted by Gasteiger charge is 2.16. The number of aliphatic hydroxyl groups excluding tert-OH is 1. The minimum absolute atomic E-state index is 0.485. The lowest BCUT2D eigenvalue weighted by Gasteiger charge is -2.09. The van der Waals surface area contributed by atoms with E-state index in [4.69, 9.17) is 0 Å². The molecule has 100 valence electrons. The molecule has 0 saturated heterocycles. The number of aryl methyl sites for hydroxylation is 1. The monoisotopic (exact) mass is 264 g/mol. The Kier molecular flexibility index (Phi) is 3.48. The standard InChI is InChI=1S/C18H18NO/c1-14-11-16-9-5-6-10-17(16)12-19(14)13-18(20)15-7-3-2-4-8-15/h2-12,18,20H,13H2,1H3/q+1. The number of hydrogen-bond donors (Lipinski definition) is 1. The maximum absolute atomic E-state index is 10.3. The van der Waals surface area contributed by atoms with Gasteiger partial charge < -0.3 is 5.11 Å². The van der Waals surface area contributed by atoms with Gasteiger partial charge in [-0.3, -0.25) is 0 Å². The molecule has 20 heavy (non-hydrogen) atoms. The molecule has 0 aliphatic rings. The van der Waals surface area contributed by atoms with Crippen molar-refractivity contribution in [3.05, 3.63) is 78.1 Å². The molecule has 1 aromatic heterocycles. The molecule has 1 N–H and O–H groups in total. The minimum Gasteiger partial charge on any atom is -0.382 e. The maximum atomic E-state index is 10.3. The summed E-state index contributed by atoms with van der Waals surface area (Å²) < 4.78 is 2.11. The largest absolute Gasteiger partial charge is 0.382 e. The number of aromatic nitrogens is 1. The van der Waals surface area contributed by atoms with Crippen molar-refractivity contribution in [1.29, 1.82) is 0 Å². The minimum atomic E-state index is -0.485. The molecule has 1 unspecified atom stereocenters. The van der Waals surface area contributed by atoms with Gasteiger partial charge in [-0.15, -0.1) is 0 Å². The maximum Gasteiger partial charge on any atom is 0.178 e. The Morgan fingerprint density at radius 3 is 2.35 bits per heavy atom. The van der Waals surface area contributed by atoms with E-state index in [0.29, 0.717) is 6.54 Å². The summed E-state index contributed by atoms with van der Waals surface area (Å²) in [6, 6.07) is 20.2. The van der Waals surface area contributed by atoms with Crippen LogP contribution in [-0.2, 0) is 6.54 Å². The van der Waals surface area contributed by atoms with Gasteiger partial charge in [0.15, 0.2) is 18.4 Å². The van der Waals surface area contributed by atoms with Gasteiger partial charge in [-0.05, 0) is 17.0 Å². The van der Waals surface area contributed by atoms with E-state index in [1.54, 1.807) is 0 Å². The molecule has 0 amide bonds. The number of benzene rings is 2. The Bertz CT molecular complexity index is 722. The van der Waals surface area contributed by atoms with Gasteiger partial charge in [0.1, 0.15) is 6.10 Å². The Labute approximate surface area is 118 Å². The van der Waals surface area contributed by atoms with Crippen molar-refractivity contribution >= 4 is 10.8 Å². The average molecular weight is 264 g/mol. The van der Waals surface area contributed by atoms with Crippen molar-refractivity contribution in [3.8, 4) is 0 Å². The zero-order valence-electron chi connectivity index (χ0n) is 11.5. The molecule has 1 heterocycles. The van der Waals surface area contributed by atoms with Crippen LogP contribution >= 0.6 is 0 Å². The summed E-state index contributed by atoms with van der Waals surface area (Å²) in [4.78, 5) is 0. The highest BCUT2D eigenvalue weighted by molar-refractivity contribution is 5.80. The summed E-state index contributed by atoms with van der Waals surface area (Å²) in [6.07, 6.45) is 1.62. The summed E-state index contributed by atoms with van der Waals surface area (Å²) in [5.41, 5.74) is 2.10. The fourth-order valence-corrected chi connectivity index (χ4v) is 2.50. The Morgan fingerprint density at radius 2 is 1.60 bits per heavy atom. The van der Waals surface area contributed by atoms with Gasteiger partial charge in [0.25, 0.3) is 0 Å². The van der Waals surface area contributed by atoms with Gasteiger partial charge >= 0.3 is 0 Å². The second kappa shape index (κ2) is 5.43. The molecule has 2 heteroatoms. The van der Waals surface area contributed by atoms with Crippen LogP contribution in [0, 0.1) is 6.92 Å². The fourth-order valence-electron chi connectivity index (χ4n) is 2.50. The van der Waals surface area contributed by atoms with E-state index in [1.165, 1.54) is 10.8 Å². The van der Waals surface area contributed by atoms with Crippen LogP contribution in [0.1, 0.15) is 17.4 Å². The van der Waals surface area contributed by atoms with E-state index in [9.17, 15) is 5.11 Å². The van der Waals surface area contributed by atoms with Crippen LogP contribution in [0.25, 0.3) is 10.8 Å². The zero-order valence-corrected chi connectivity index (χ0v) is 11.5. The molecule has 3 rings (SSSR count). The third-order valence-corrected chi connectivity index (χ3v) is 3.66. The molecule has 0 aliphatic heterocycles. The number of nitrogens with zero attached hydrogens (tertiary/aromatic N) is 1. The van der Waals surface area contributed by atoms with Gasteiger partial charge in [0, 0.05) is 18.4 Å². The first-order valence-corrected chi connectivity index (χ1v) is 6.86. The predicted octanol–water partition coefficient (Wildman–Crippen LogP) is 3.17. The third kappa shape index (κ3) is 2.56. The normalized spacial score (nSPS) is 12.5. The molecule has 3 aromatic rings. The van der Waals surface area contributed by atoms with Crippen molar-refractivity contribution in [3.63, 3.8) is 0 Å². The molecule has 2 aromatic carbocycles. The van der Waals surface area contributed by atoms with Crippen LogP contribution < -0.4 is 4.57 Å². The quantitative estimate of drug-likeness (QED) is 0.722. The number of aliphatic hydroxyl groups is 1. The molecule has 1 atom stereocenters. The molecule has 2 nitrogen and oxygen atoms in total. The van der Waals surface area contributed by atoms with Gasteiger partial charge in [0.2, 0.25) is 0 Å². The summed E-state index contributed by atoms with van der Waals surface area (Å²) in [5, 5.41) is 12.8. The lowest BCUT2D eigenvalue weighted by Crippen LogP contribution is -2.39. The SMILES string of the molecule is Cc1cc2ccccc2c[n+]1CC(O)c1ccccc1. The van der Waals surface area contributed by atoms with Crippen molar-refractivity contribution in [2.75, 3.05) is 0 Å². The van der Waals surface area contributed by atoms with Crippen molar-refractivity contribution in [2.24, 2.45) is 0 Å². The number of rotatable bonds is 3. The van der Waals surface area contributed by atoms with E-state index >= 15 is 0 Å². The average Bonchev–Trinajstić information content (AvgIpc) is 2.49.